The smallest absolute Gasteiger partial charge is 0.414 e. The molecule has 0 aromatic heterocycles. The molecule has 24 heavy (non-hydrogen) atoms. The maximum atomic E-state index is 9.10. The van der Waals surface area contributed by atoms with Crippen LogP contribution >= 0.6 is 11.6 Å². The Kier molecular flexibility index (Phi) is 12.5. The van der Waals surface area contributed by atoms with Gasteiger partial charge >= 0.3 is 11.9 Å². The Bertz CT molecular complexity index is 501. The lowest BCUT2D eigenvalue weighted by Crippen LogP contribution is -2.26. The zero-order valence-corrected chi connectivity index (χ0v) is 14.2. The van der Waals surface area contributed by atoms with Gasteiger partial charge in [0.1, 0.15) is 12.4 Å². The first-order chi connectivity index (χ1) is 11.4. The van der Waals surface area contributed by atoms with E-state index >= 15 is 0 Å². The quantitative estimate of drug-likeness (QED) is 0.374. The minimum Gasteiger partial charge on any atom is -0.491 e. The minimum atomic E-state index is -1.82. The number of aliphatic carboxylic acids is 2. The van der Waals surface area contributed by atoms with Gasteiger partial charge in [0.15, 0.2) is 0 Å². The van der Waals surface area contributed by atoms with E-state index < -0.39 is 11.9 Å². The lowest BCUT2D eigenvalue weighted by molar-refractivity contribution is -0.159. The molecule has 0 fully saturated rings. The van der Waals surface area contributed by atoms with Gasteiger partial charge in [-0.3, -0.25) is 0 Å². The number of carbonyl (C=O) groups is 2. The van der Waals surface area contributed by atoms with Crippen molar-refractivity contribution < 1.29 is 29.3 Å². The molecule has 0 saturated heterocycles. The number of aryl methyl sites for hydroxylation is 1. The molecule has 0 aliphatic rings. The molecule has 8 nitrogen and oxygen atoms in total. The lowest BCUT2D eigenvalue weighted by atomic mass is 10.2. The molecule has 9 heteroatoms. The third kappa shape index (κ3) is 11.7. The third-order valence-corrected chi connectivity index (χ3v) is 2.78. The van der Waals surface area contributed by atoms with Crippen molar-refractivity contribution in [3.63, 3.8) is 0 Å². The number of ether oxygens (including phenoxy) is 2. The first-order valence-corrected chi connectivity index (χ1v) is 7.60. The molecule has 0 heterocycles. The summed E-state index contributed by atoms with van der Waals surface area (Å²) >= 11 is 5.87. The number of hydrogen-bond acceptors (Lipinski definition) is 6. The second-order valence-electron chi connectivity index (χ2n) is 4.52. The van der Waals surface area contributed by atoms with Crippen molar-refractivity contribution >= 4 is 23.5 Å². The van der Waals surface area contributed by atoms with E-state index in [2.05, 4.69) is 5.32 Å². The SMILES string of the molecule is Cc1cc(Cl)ccc1OCCOCCNCCN.O=C(O)C(=O)O. The highest BCUT2D eigenvalue weighted by Gasteiger charge is 2.04. The first kappa shape index (κ1) is 22.1. The van der Waals surface area contributed by atoms with Gasteiger partial charge in [0.05, 0.1) is 13.2 Å². The molecular formula is C15H23ClN2O6. The van der Waals surface area contributed by atoms with Crippen molar-refractivity contribution in [1.82, 2.24) is 5.32 Å². The van der Waals surface area contributed by atoms with Crippen LogP contribution in [0.4, 0.5) is 0 Å². The Morgan fingerprint density at radius 3 is 2.38 bits per heavy atom. The van der Waals surface area contributed by atoms with E-state index in [1.54, 1.807) is 0 Å². The summed E-state index contributed by atoms with van der Waals surface area (Å²) < 4.78 is 11.0. The summed E-state index contributed by atoms with van der Waals surface area (Å²) in [6, 6.07) is 5.58. The number of nitrogens with one attached hydrogen (secondary N) is 1. The molecule has 0 spiro atoms. The highest BCUT2D eigenvalue weighted by Crippen LogP contribution is 2.21. The van der Waals surface area contributed by atoms with Gasteiger partial charge in [-0.25, -0.2) is 9.59 Å². The van der Waals surface area contributed by atoms with Crippen molar-refractivity contribution in [2.75, 3.05) is 39.5 Å². The molecule has 1 aromatic carbocycles. The molecule has 0 aliphatic carbocycles. The molecular weight excluding hydrogens is 340 g/mol. The lowest BCUT2D eigenvalue weighted by Gasteiger charge is -2.10. The maximum Gasteiger partial charge on any atom is 0.414 e. The first-order valence-electron chi connectivity index (χ1n) is 7.22. The van der Waals surface area contributed by atoms with Crippen molar-refractivity contribution in [1.29, 1.82) is 0 Å². The van der Waals surface area contributed by atoms with Crippen molar-refractivity contribution in [2.24, 2.45) is 5.73 Å². The Hall–Kier alpha value is -1.87. The van der Waals surface area contributed by atoms with Crippen molar-refractivity contribution in [2.45, 2.75) is 6.92 Å². The number of rotatable bonds is 9. The second-order valence-corrected chi connectivity index (χ2v) is 4.96. The van der Waals surface area contributed by atoms with E-state index in [1.165, 1.54) is 0 Å². The third-order valence-electron chi connectivity index (χ3n) is 2.55. The maximum absolute atomic E-state index is 9.10. The predicted molar refractivity (Wildman–Crippen MR) is 89.7 cm³/mol. The molecule has 0 bridgehead atoms. The van der Waals surface area contributed by atoms with Crippen molar-refractivity contribution in [3.8, 4) is 5.75 Å². The molecule has 0 aliphatic heterocycles. The predicted octanol–water partition coefficient (Wildman–Crippen LogP) is 0.748. The molecule has 0 amide bonds. The molecule has 0 atom stereocenters. The average molecular weight is 363 g/mol. The number of halogens is 1. The van der Waals surface area contributed by atoms with Crippen LogP contribution in [-0.4, -0.2) is 61.6 Å². The molecule has 1 rings (SSSR count). The van der Waals surface area contributed by atoms with Crippen LogP contribution in [0, 0.1) is 6.92 Å². The van der Waals surface area contributed by atoms with Gasteiger partial charge in [0.2, 0.25) is 0 Å². The summed E-state index contributed by atoms with van der Waals surface area (Å²) in [6.07, 6.45) is 0. The Morgan fingerprint density at radius 2 is 1.83 bits per heavy atom. The second kappa shape index (κ2) is 13.6. The fraction of sp³-hybridized carbons (Fsp3) is 0.467. The number of benzene rings is 1. The van der Waals surface area contributed by atoms with Crippen LogP contribution in [0.15, 0.2) is 18.2 Å². The monoisotopic (exact) mass is 362 g/mol. The van der Waals surface area contributed by atoms with E-state index in [4.69, 9.17) is 46.6 Å². The van der Waals surface area contributed by atoms with Crippen LogP contribution in [0.2, 0.25) is 5.02 Å². The van der Waals surface area contributed by atoms with Gasteiger partial charge < -0.3 is 30.7 Å². The Balaban J connectivity index is 0.000000754. The Morgan fingerprint density at radius 1 is 1.17 bits per heavy atom. The summed E-state index contributed by atoms with van der Waals surface area (Å²) in [5.74, 6) is -2.80. The summed E-state index contributed by atoms with van der Waals surface area (Å²) in [7, 11) is 0. The normalized spacial score (nSPS) is 9.79. The van der Waals surface area contributed by atoms with Crippen LogP contribution in [-0.2, 0) is 14.3 Å². The van der Waals surface area contributed by atoms with Crippen LogP contribution < -0.4 is 15.8 Å². The van der Waals surface area contributed by atoms with Crippen LogP contribution in [0.25, 0.3) is 0 Å². The average Bonchev–Trinajstić information content (AvgIpc) is 2.52. The number of nitrogens with two attached hydrogens (primary N) is 1. The zero-order valence-electron chi connectivity index (χ0n) is 13.5. The largest absolute Gasteiger partial charge is 0.491 e. The van der Waals surface area contributed by atoms with Crippen LogP contribution in [0.1, 0.15) is 5.56 Å². The van der Waals surface area contributed by atoms with Crippen LogP contribution in [0.3, 0.4) is 0 Å². The summed E-state index contributed by atoms with van der Waals surface area (Å²) in [5.41, 5.74) is 6.38. The van der Waals surface area contributed by atoms with Gasteiger partial charge in [-0.15, -0.1) is 0 Å². The van der Waals surface area contributed by atoms with Gasteiger partial charge in [-0.2, -0.15) is 0 Å². The summed E-state index contributed by atoms with van der Waals surface area (Å²) in [4.78, 5) is 18.2. The summed E-state index contributed by atoms with van der Waals surface area (Å²) in [6.45, 7) is 6.05. The highest BCUT2D eigenvalue weighted by molar-refractivity contribution is 6.30. The zero-order chi connectivity index (χ0) is 18.4. The van der Waals surface area contributed by atoms with Gasteiger partial charge in [-0.05, 0) is 30.7 Å². The number of carboxylic acid groups (broad SMARTS) is 2. The van der Waals surface area contributed by atoms with E-state index in [0.29, 0.717) is 26.4 Å². The van der Waals surface area contributed by atoms with E-state index in [9.17, 15) is 0 Å². The standard InChI is InChI=1S/C13H21ClN2O2.C2H2O4/c1-11-10-12(14)2-3-13(11)18-9-8-17-7-6-16-5-4-15;3-1(4)2(5)6/h2-3,10,16H,4-9,15H2,1H3;(H,3,4)(H,5,6). The van der Waals surface area contributed by atoms with E-state index in [0.717, 1.165) is 29.4 Å². The number of carboxylic acids is 2. The molecule has 0 unspecified atom stereocenters. The van der Waals surface area contributed by atoms with Gasteiger partial charge in [-0.1, -0.05) is 11.6 Å². The Labute approximate surface area is 145 Å². The molecule has 136 valence electrons. The molecule has 5 N–H and O–H groups in total. The van der Waals surface area contributed by atoms with Gasteiger partial charge in [0, 0.05) is 24.7 Å². The van der Waals surface area contributed by atoms with E-state index in [1.807, 2.05) is 25.1 Å². The van der Waals surface area contributed by atoms with E-state index in [-0.39, 0.29) is 0 Å². The van der Waals surface area contributed by atoms with Gasteiger partial charge in [0.25, 0.3) is 0 Å². The minimum absolute atomic E-state index is 0.541. The topological polar surface area (TPSA) is 131 Å². The molecule has 0 radical (unpaired) electrons. The van der Waals surface area contributed by atoms with Crippen molar-refractivity contribution in [3.05, 3.63) is 28.8 Å². The molecule has 0 saturated carbocycles. The fourth-order valence-corrected chi connectivity index (χ4v) is 1.69. The van der Waals surface area contributed by atoms with Crippen LogP contribution in [0.5, 0.6) is 5.75 Å². The summed E-state index contributed by atoms with van der Waals surface area (Å²) in [5, 5.41) is 18.7. The molecule has 1 aromatic rings. The highest BCUT2D eigenvalue weighted by atomic mass is 35.5. The fourth-order valence-electron chi connectivity index (χ4n) is 1.46. The number of hydrogen-bond donors (Lipinski definition) is 4.